The van der Waals surface area contributed by atoms with E-state index < -0.39 is 0 Å². The van der Waals surface area contributed by atoms with Crippen LogP contribution in [0.1, 0.15) is 5.56 Å². The SMILES string of the molecule is O=C(C=Cc1ccccc1)Nc1ccc2nn(-c3cccc(Cl)c3)nc2c1. The van der Waals surface area contributed by atoms with Crippen molar-refractivity contribution < 1.29 is 4.79 Å². The average Bonchev–Trinajstić information content (AvgIpc) is 3.11. The number of nitrogens with zero attached hydrogens (tertiary/aromatic N) is 3. The van der Waals surface area contributed by atoms with Crippen LogP contribution in [0, 0.1) is 0 Å². The molecule has 0 atom stereocenters. The first-order valence-electron chi connectivity index (χ1n) is 8.34. The number of nitrogens with one attached hydrogen (secondary N) is 1. The molecule has 0 bridgehead atoms. The van der Waals surface area contributed by atoms with Crippen LogP contribution in [0.15, 0.2) is 78.9 Å². The Morgan fingerprint density at radius 3 is 2.56 bits per heavy atom. The average molecular weight is 375 g/mol. The van der Waals surface area contributed by atoms with Crippen molar-refractivity contribution in [1.82, 2.24) is 15.0 Å². The van der Waals surface area contributed by atoms with E-state index in [1.54, 1.807) is 30.3 Å². The number of halogens is 1. The summed E-state index contributed by atoms with van der Waals surface area (Å²) in [7, 11) is 0. The van der Waals surface area contributed by atoms with Gasteiger partial charge in [0.15, 0.2) is 0 Å². The number of amides is 1. The standard InChI is InChI=1S/C21H15ClN4O/c22-16-7-4-8-18(13-16)26-24-19-11-10-17(14-20(19)25-26)23-21(27)12-9-15-5-2-1-3-6-15/h1-14H,(H,23,27). The Hall–Kier alpha value is -3.44. The van der Waals surface area contributed by atoms with Gasteiger partial charge in [-0.1, -0.05) is 48.0 Å². The lowest BCUT2D eigenvalue weighted by Crippen LogP contribution is -2.07. The fourth-order valence-corrected chi connectivity index (χ4v) is 2.81. The van der Waals surface area contributed by atoms with Crippen molar-refractivity contribution in [2.45, 2.75) is 0 Å². The zero-order chi connectivity index (χ0) is 18.6. The molecule has 0 radical (unpaired) electrons. The van der Waals surface area contributed by atoms with Crippen molar-refractivity contribution in [3.63, 3.8) is 0 Å². The molecule has 1 amide bonds. The van der Waals surface area contributed by atoms with Gasteiger partial charge in [-0.05, 0) is 48.0 Å². The summed E-state index contributed by atoms with van der Waals surface area (Å²) >= 11 is 6.03. The molecule has 5 nitrogen and oxygen atoms in total. The summed E-state index contributed by atoms with van der Waals surface area (Å²) in [5.41, 5.74) is 3.80. The Labute approximate surface area is 160 Å². The Morgan fingerprint density at radius 2 is 1.74 bits per heavy atom. The minimum absolute atomic E-state index is 0.208. The third-order valence-electron chi connectivity index (χ3n) is 3.91. The van der Waals surface area contributed by atoms with Crippen molar-refractivity contribution in [3.05, 3.63) is 89.5 Å². The molecular formula is C21H15ClN4O. The third kappa shape index (κ3) is 4.04. The summed E-state index contributed by atoms with van der Waals surface area (Å²) in [4.78, 5) is 13.7. The molecule has 1 N–H and O–H groups in total. The van der Waals surface area contributed by atoms with E-state index in [0.29, 0.717) is 16.2 Å². The highest BCUT2D eigenvalue weighted by Gasteiger charge is 2.07. The number of aromatic nitrogens is 3. The van der Waals surface area contributed by atoms with E-state index in [9.17, 15) is 4.79 Å². The van der Waals surface area contributed by atoms with Crippen LogP contribution in [0.25, 0.3) is 22.8 Å². The Kier molecular flexibility index (Phi) is 4.68. The molecule has 0 aliphatic heterocycles. The lowest BCUT2D eigenvalue weighted by molar-refractivity contribution is -0.111. The summed E-state index contributed by atoms with van der Waals surface area (Å²) in [5, 5.41) is 12.4. The van der Waals surface area contributed by atoms with Crippen LogP contribution in [-0.4, -0.2) is 20.9 Å². The normalized spacial score (nSPS) is 11.1. The van der Waals surface area contributed by atoms with Gasteiger partial charge in [0.2, 0.25) is 5.91 Å². The maximum atomic E-state index is 12.1. The zero-order valence-corrected chi connectivity index (χ0v) is 15.0. The molecule has 27 heavy (non-hydrogen) atoms. The molecule has 0 aliphatic carbocycles. The molecule has 3 aromatic carbocycles. The van der Waals surface area contributed by atoms with Gasteiger partial charge in [-0.15, -0.1) is 10.2 Å². The summed E-state index contributed by atoms with van der Waals surface area (Å²) < 4.78 is 0. The van der Waals surface area contributed by atoms with Crippen LogP contribution < -0.4 is 5.32 Å². The van der Waals surface area contributed by atoms with Crippen LogP contribution in [0.5, 0.6) is 0 Å². The quantitative estimate of drug-likeness (QED) is 0.525. The van der Waals surface area contributed by atoms with Crippen molar-refractivity contribution >= 4 is 40.3 Å². The van der Waals surface area contributed by atoms with Crippen LogP contribution in [-0.2, 0) is 4.79 Å². The van der Waals surface area contributed by atoms with Gasteiger partial charge in [0.05, 0.1) is 5.69 Å². The van der Waals surface area contributed by atoms with Crippen molar-refractivity contribution in [2.75, 3.05) is 5.32 Å². The highest BCUT2D eigenvalue weighted by Crippen LogP contribution is 2.19. The van der Waals surface area contributed by atoms with Crippen LogP contribution >= 0.6 is 11.6 Å². The number of benzene rings is 3. The maximum Gasteiger partial charge on any atom is 0.248 e. The van der Waals surface area contributed by atoms with Crippen LogP contribution in [0.3, 0.4) is 0 Å². The van der Waals surface area contributed by atoms with Crippen molar-refractivity contribution in [1.29, 1.82) is 0 Å². The van der Waals surface area contributed by atoms with E-state index in [1.165, 1.54) is 10.9 Å². The largest absolute Gasteiger partial charge is 0.322 e. The van der Waals surface area contributed by atoms with E-state index in [0.717, 1.165) is 16.8 Å². The van der Waals surface area contributed by atoms with E-state index >= 15 is 0 Å². The molecule has 0 unspecified atom stereocenters. The van der Waals surface area contributed by atoms with Crippen molar-refractivity contribution in [3.8, 4) is 5.69 Å². The second-order valence-corrected chi connectivity index (χ2v) is 6.34. The molecule has 0 fully saturated rings. The lowest BCUT2D eigenvalue weighted by atomic mass is 10.2. The van der Waals surface area contributed by atoms with E-state index in [1.807, 2.05) is 48.5 Å². The molecule has 0 saturated heterocycles. The third-order valence-corrected chi connectivity index (χ3v) is 4.15. The van der Waals surface area contributed by atoms with Gasteiger partial charge in [-0.3, -0.25) is 4.79 Å². The molecule has 1 aromatic heterocycles. The molecule has 0 aliphatic rings. The maximum absolute atomic E-state index is 12.1. The van der Waals surface area contributed by atoms with Gasteiger partial charge in [0, 0.05) is 16.8 Å². The molecule has 0 spiro atoms. The first kappa shape index (κ1) is 17.0. The molecule has 1 heterocycles. The summed E-state index contributed by atoms with van der Waals surface area (Å²) in [6, 6.07) is 22.4. The van der Waals surface area contributed by atoms with Crippen LogP contribution in [0.4, 0.5) is 5.69 Å². The highest BCUT2D eigenvalue weighted by atomic mass is 35.5. The lowest BCUT2D eigenvalue weighted by Gasteiger charge is -2.01. The fraction of sp³-hybridized carbons (Fsp3) is 0. The fourth-order valence-electron chi connectivity index (χ4n) is 2.63. The molecule has 0 saturated carbocycles. The Morgan fingerprint density at radius 1 is 0.926 bits per heavy atom. The summed E-state index contributed by atoms with van der Waals surface area (Å²) in [5.74, 6) is -0.208. The summed E-state index contributed by atoms with van der Waals surface area (Å²) in [6.45, 7) is 0. The molecular weight excluding hydrogens is 360 g/mol. The van der Waals surface area contributed by atoms with Gasteiger partial charge in [-0.2, -0.15) is 4.80 Å². The number of carbonyl (C=O) groups is 1. The number of anilines is 1. The second kappa shape index (κ2) is 7.43. The molecule has 6 heteroatoms. The summed E-state index contributed by atoms with van der Waals surface area (Å²) in [6.07, 6.45) is 3.27. The minimum atomic E-state index is -0.208. The number of rotatable bonds is 4. The highest BCUT2D eigenvalue weighted by molar-refractivity contribution is 6.30. The first-order chi connectivity index (χ1) is 13.2. The van der Waals surface area contributed by atoms with Gasteiger partial charge in [0.25, 0.3) is 0 Å². The molecule has 4 rings (SSSR count). The second-order valence-electron chi connectivity index (χ2n) is 5.91. The van der Waals surface area contributed by atoms with Gasteiger partial charge < -0.3 is 5.32 Å². The number of fused-ring (bicyclic) bond motifs is 1. The predicted octanol–water partition coefficient (Wildman–Crippen LogP) is 4.73. The molecule has 132 valence electrons. The minimum Gasteiger partial charge on any atom is -0.322 e. The van der Waals surface area contributed by atoms with Crippen molar-refractivity contribution in [2.24, 2.45) is 0 Å². The van der Waals surface area contributed by atoms with Gasteiger partial charge in [-0.25, -0.2) is 0 Å². The van der Waals surface area contributed by atoms with Gasteiger partial charge >= 0.3 is 0 Å². The topological polar surface area (TPSA) is 59.8 Å². The number of hydrogen-bond donors (Lipinski definition) is 1. The predicted molar refractivity (Wildman–Crippen MR) is 108 cm³/mol. The monoisotopic (exact) mass is 374 g/mol. The molecule has 4 aromatic rings. The number of hydrogen-bond acceptors (Lipinski definition) is 3. The van der Waals surface area contributed by atoms with E-state index in [4.69, 9.17) is 11.6 Å². The van der Waals surface area contributed by atoms with Gasteiger partial charge in [0.1, 0.15) is 11.0 Å². The Balaban J connectivity index is 1.53. The van der Waals surface area contributed by atoms with E-state index in [-0.39, 0.29) is 5.91 Å². The smallest absolute Gasteiger partial charge is 0.248 e. The number of carbonyl (C=O) groups excluding carboxylic acids is 1. The Bertz CT molecular complexity index is 1140. The van der Waals surface area contributed by atoms with E-state index in [2.05, 4.69) is 15.5 Å². The first-order valence-corrected chi connectivity index (χ1v) is 8.72. The van der Waals surface area contributed by atoms with Crippen LogP contribution in [0.2, 0.25) is 5.02 Å². The zero-order valence-electron chi connectivity index (χ0n) is 14.2.